The van der Waals surface area contributed by atoms with Crippen molar-refractivity contribution in [3.05, 3.63) is 125 Å². The third-order valence-electron chi connectivity index (χ3n) is 16.3. The van der Waals surface area contributed by atoms with Gasteiger partial charge in [-0.15, -0.1) is 5.10 Å². The van der Waals surface area contributed by atoms with Gasteiger partial charge in [0.05, 0.1) is 47.8 Å². The van der Waals surface area contributed by atoms with Gasteiger partial charge in [-0.2, -0.15) is 15.1 Å². The summed E-state index contributed by atoms with van der Waals surface area (Å²) in [6, 6.07) is 20.7. The predicted octanol–water partition coefficient (Wildman–Crippen LogP) is 8.02. The summed E-state index contributed by atoms with van der Waals surface area (Å²) in [5, 5.41) is 45.5. The first kappa shape index (κ1) is 54.0. The molecule has 21 heteroatoms. The highest BCUT2D eigenvalue weighted by Crippen LogP contribution is 2.54. The zero-order valence-corrected chi connectivity index (χ0v) is 46.4. The zero-order valence-electron chi connectivity index (χ0n) is 45.6. The molecule has 1 aliphatic carbocycles. The molecule has 0 radical (unpaired) electrons. The van der Waals surface area contributed by atoms with Crippen LogP contribution in [-0.2, 0) is 20.9 Å². The number of ether oxygens (including phenoxy) is 3. The van der Waals surface area contributed by atoms with Crippen LogP contribution in [0, 0.1) is 18.7 Å². The van der Waals surface area contributed by atoms with Crippen LogP contribution in [0.5, 0.6) is 11.8 Å². The maximum atomic E-state index is 16.0. The van der Waals surface area contributed by atoms with Crippen LogP contribution in [-0.4, -0.2) is 137 Å². The highest BCUT2D eigenvalue weighted by molar-refractivity contribution is 6.35. The summed E-state index contributed by atoms with van der Waals surface area (Å²) >= 11 is 7.03. The maximum absolute atomic E-state index is 16.0. The molecule has 4 fully saturated rings. The molecule has 7 atom stereocenters. The number of hydrogen-bond donors (Lipinski definition) is 5. The summed E-state index contributed by atoms with van der Waals surface area (Å²) in [4.78, 5) is 47.0. The molecule has 7 heterocycles. The molecule has 0 spiro atoms. The lowest BCUT2D eigenvalue weighted by atomic mass is 9.91. The molecule has 420 valence electrons. The molecule has 2 amide bonds. The van der Waals surface area contributed by atoms with Gasteiger partial charge in [0, 0.05) is 96.2 Å². The normalized spacial score (nSPS) is 19.9. The second-order valence-corrected chi connectivity index (χ2v) is 22.6. The largest absolute Gasteiger partial charge is 0.486 e. The van der Waals surface area contributed by atoms with Crippen molar-refractivity contribution in [3.63, 3.8) is 0 Å². The number of carbonyl (C=O) groups excluding carboxylic acids is 2. The molecule has 4 aliphatic rings. The average molecular weight is 1120 g/mol. The Bertz CT molecular complexity index is 3650. The van der Waals surface area contributed by atoms with E-state index in [-0.39, 0.29) is 67.8 Å². The number of aliphatic hydroxyl groups is 2. The molecule has 12 rings (SSSR count). The minimum Gasteiger partial charge on any atom is -0.486 e. The number of aromatic amines is 1. The third kappa shape index (κ3) is 10.5. The topological polar surface area (TPSA) is 231 Å². The van der Waals surface area contributed by atoms with Crippen molar-refractivity contribution in [2.24, 2.45) is 5.92 Å². The predicted molar refractivity (Wildman–Crippen MR) is 303 cm³/mol. The maximum Gasteiger partial charge on any atom is 0.319 e. The lowest BCUT2D eigenvalue weighted by Crippen LogP contribution is -2.50. The molecule has 8 aromatic rings. The molecule has 1 saturated carbocycles. The van der Waals surface area contributed by atoms with E-state index in [2.05, 4.69) is 47.1 Å². The summed E-state index contributed by atoms with van der Waals surface area (Å²) in [6.07, 6.45) is 6.81. The molecule has 4 aromatic carbocycles. The molecule has 19 nitrogen and oxygen atoms in total. The van der Waals surface area contributed by atoms with E-state index in [0.29, 0.717) is 50.6 Å². The van der Waals surface area contributed by atoms with Crippen molar-refractivity contribution in [2.45, 2.75) is 108 Å². The standard InChI is InChI=1S/C60H64ClFN12O7/c1-31(2)55(59(78)73-26-41(76)20-50(73)58(77)66-49(28-75)38-16-14-35(15-17-38)42-7-6-18-63-33(42)4)74-27-48(70-71-74)37-10-8-34(9-11-37)30-80-56-52(51-45-24-65-69-47(45)22-46(62)53(51)61)43(36-12-13-36)21-44-54(56)67-60(81-29-32(3)79-5)68-57(44)72-25-39-19-40(72)23-64-39/h6-11,14-18,21-22,24,27,31-32,36,39-41,49-50,55,64,75-76H,12-13,19-20,23,25-26,28-30H2,1-5H3,(H,65,69)(H,66,77)/t32-,39-,40-,41+,49-,50-,55-/m0/s1. The Hall–Kier alpha value is -7.62. The first-order valence-corrected chi connectivity index (χ1v) is 28.0. The first-order valence-electron chi connectivity index (χ1n) is 27.7. The Morgan fingerprint density at radius 2 is 1.75 bits per heavy atom. The van der Waals surface area contributed by atoms with Crippen LogP contribution in [0.25, 0.3) is 55.3 Å². The summed E-state index contributed by atoms with van der Waals surface area (Å²) in [5.74, 6) is -0.447. The number of aliphatic hydroxyl groups excluding tert-OH is 2. The number of carbonyl (C=O) groups is 2. The van der Waals surface area contributed by atoms with E-state index >= 15 is 4.39 Å². The number of pyridine rings is 1. The van der Waals surface area contributed by atoms with E-state index in [9.17, 15) is 19.8 Å². The summed E-state index contributed by atoms with van der Waals surface area (Å²) in [5.41, 5.74) is 8.57. The van der Waals surface area contributed by atoms with Crippen LogP contribution in [0.1, 0.15) is 86.8 Å². The average Bonchev–Trinajstić information content (AvgIpc) is 4.07. The zero-order chi connectivity index (χ0) is 56.2. The number of β-amino-alcohol motifs (C(OH)–C–C–N with tert-alkyl or cyclic N) is 1. The summed E-state index contributed by atoms with van der Waals surface area (Å²) in [6.45, 7) is 9.08. The fourth-order valence-corrected chi connectivity index (χ4v) is 12.1. The van der Waals surface area contributed by atoms with Crippen molar-refractivity contribution < 1.29 is 38.4 Å². The second-order valence-electron chi connectivity index (χ2n) is 22.2. The summed E-state index contributed by atoms with van der Waals surface area (Å²) in [7, 11) is 1.62. The van der Waals surface area contributed by atoms with Gasteiger partial charge in [-0.25, -0.2) is 9.07 Å². The van der Waals surface area contributed by atoms with Crippen molar-refractivity contribution in [1.82, 2.24) is 55.7 Å². The fourth-order valence-electron chi connectivity index (χ4n) is 11.8. The van der Waals surface area contributed by atoms with Gasteiger partial charge in [0.25, 0.3) is 0 Å². The van der Waals surface area contributed by atoms with Crippen LogP contribution in [0.15, 0.2) is 91.4 Å². The number of likely N-dealkylation sites (tertiary alicyclic amines) is 1. The van der Waals surface area contributed by atoms with E-state index in [0.717, 1.165) is 77.1 Å². The van der Waals surface area contributed by atoms with Gasteiger partial charge < -0.3 is 44.9 Å². The minimum absolute atomic E-state index is 0.0322. The van der Waals surface area contributed by atoms with Gasteiger partial charge >= 0.3 is 6.01 Å². The number of nitrogens with one attached hydrogen (secondary N) is 3. The highest BCUT2D eigenvalue weighted by Gasteiger charge is 2.44. The van der Waals surface area contributed by atoms with Gasteiger partial charge in [0.2, 0.25) is 11.8 Å². The second kappa shape index (κ2) is 22.4. The van der Waals surface area contributed by atoms with Crippen molar-refractivity contribution in [3.8, 4) is 45.3 Å². The Balaban J connectivity index is 0.820. The number of rotatable bonds is 19. The SMILES string of the molecule is CO[C@@H](C)COc1nc(N2C[C@@H]3C[C@H]2CN3)c2cc(C3CC3)c(-c3c(Cl)c(F)cc4[nH]ncc34)c(OCc3ccc(-c4cn([C@H](C(=O)N5C[C@H](O)C[C@H]5C(=O)N[C@@H](CO)c5ccc(-c6cccnc6C)cc5)C(C)C)nn4)cc3)c2n1. The molecule has 3 aliphatic heterocycles. The quantitative estimate of drug-likeness (QED) is 0.0516. The molecule has 2 bridgehead atoms. The molecule has 4 aromatic heterocycles. The molecule has 5 N–H and O–H groups in total. The number of methoxy groups -OCH3 is 1. The molecular formula is C60H64ClFN12O7. The van der Waals surface area contributed by atoms with E-state index in [1.54, 1.807) is 25.7 Å². The lowest BCUT2D eigenvalue weighted by Gasteiger charge is -2.30. The van der Waals surface area contributed by atoms with Gasteiger partial charge in [0.15, 0.2) is 5.75 Å². The van der Waals surface area contributed by atoms with E-state index < -0.39 is 41.9 Å². The smallest absolute Gasteiger partial charge is 0.319 e. The monoisotopic (exact) mass is 1120 g/mol. The van der Waals surface area contributed by atoms with Crippen molar-refractivity contribution in [1.29, 1.82) is 0 Å². The van der Waals surface area contributed by atoms with Crippen molar-refractivity contribution >= 4 is 51.0 Å². The molecule has 0 unspecified atom stereocenters. The van der Waals surface area contributed by atoms with Crippen LogP contribution in [0.3, 0.4) is 0 Å². The Kier molecular flexibility index (Phi) is 14.9. The number of hydrogen-bond acceptors (Lipinski definition) is 15. The number of halogens is 2. The van der Waals surface area contributed by atoms with E-state index in [1.165, 1.54) is 15.6 Å². The minimum atomic E-state index is -0.993. The number of aromatic nitrogens is 8. The fraction of sp³-hybridized carbons (Fsp3) is 0.400. The number of piperazine rings is 1. The van der Waals surface area contributed by atoms with E-state index in [1.807, 2.05) is 88.4 Å². The molecule has 81 heavy (non-hydrogen) atoms. The number of amides is 2. The van der Waals surface area contributed by atoms with Crippen molar-refractivity contribution in [2.75, 3.05) is 44.9 Å². The Morgan fingerprint density at radius 3 is 2.46 bits per heavy atom. The Labute approximate surface area is 472 Å². The number of H-pyrrole nitrogens is 1. The first-order chi connectivity index (χ1) is 39.2. The van der Waals surface area contributed by atoms with Crippen LogP contribution < -0.4 is 25.0 Å². The number of nitrogens with zero attached hydrogens (tertiary/aromatic N) is 9. The van der Waals surface area contributed by atoms with Gasteiger partial charge in [-0.05, 0) is 79.3 Å². The Morgan fingerprint density at radius 1 is 0.963 bits per heavy atom. The molecular weight excluding hydrogens is 1060 g/mol. The number of aryl methyl sites for hydroxylation is 1. The highest BCUT2D eigenvalue weighted by atomic mass is 35.5. The number of benzene rings is 4. The number of fused-ring (bicyclic) bond motifs is 4. The van der Waals surface area contributed by atoms with E-state index in [4.69, 9.17) is 35.8 Å². The lowest BCUT2D eigenvalue weighted by molar-refractivity contribution is -0.142. The third-order valence-corrected chi connectivity index (χ3v) is 16.7. The van der Waals surface area contributed by atoms with Gasteiger partial charge in [-0.3, -0.25) is 19.7 Å². The van der Waals surface area contributed by atoms with Crippen LogP contribution in [0.2, 0.25) is 5.02 Å². The molecule has 3 saturated heterocycles. The summed E-state index contributed by atoms with van der Waals surface area (Å²) < 4.78 is 36.3. The number of anilines is 1. The van der Waals surface area contributed by atoms with Crippen LogP contribution in [0.4, 0.5) is 10.2 Å². The van der Waals surface area contributed by atoms with Crippen LogP contribution >= 0.6 is 11.6 Å². The van der Waals surface area contributed by atoms with Gasteiger partial charge in [-0.1, -0.05) is 85.3 Å². The van der Waals surface area contributed by atoms with Gasteiger partial charge in [0.1, 0.15) is 48.1 Å².